The summed E-state index contributed by atoms with van der Waals surface area (Å²) in [6, 6.07) is 5.56. The summed E-state index contributed by atoms with van der Waals surface area (Å²) < 4.78 is 12.5. The van der Waals surface area contributed by atoms with Gasteiger partial charge in [0, 0.05) is 32.2 Å². The summed E-state index contributed by atoms with van der Waals surface area (Å²) in [5, 5.41) is 4.24. The number of hydrogen-bond donors (Lipinski definition) is 0. The standard InChI is InChI=1S/C17H22N4O3/c1-23-11-12-24-16-15(6-2-7-18-16)17(22)21-10-3-5-14(21)13-20-9-4-8-19-20/h2,4,6-9,14H,3,5,10-13H2,1H3. The molecule has 1 unspecified atom stereocenters. The topological polar surface area (TPSA) is 69.5 Å². The predicted octanol–water partition coefficient (Wildman–Crippen LogP) is 1.61. The smallest absolute Gasteiger partial charge is 0.259 e. The van der Waals surface area contributed by atoms with E-state index in [1.165, 1.54) is 0 Å². The van der Waals surface area contributed by atoms with E-state index in [4.69, 9.17) is 9.47 Å². The average molecular weight is 330 g/mol. The van der Waals surface area contributed by atoms with E-state index >= 15 is 0 Å². The SMILES string of the molecule is COCCOc1ncccc1C(=O)N1CCCC1Cn1cccn1. The van der Waals surface area contributed by atoms with Crippen molar-refractivity contribution in [3.05, 3.63) is 42.4 Å². The number of hydrogen-bond acceptors (Lipinski definition) is 5. The van der Waals surface area contributed by atoms with Gasteiger partial charge in [0.15, 0.2) is 0 Å². The number of carbonyl (C=O) groups excluding carboxylic acids is 1. The van der Waals surface area contributed by atoms with Gasteiger partial charge in [0.1, 0.15) is 12.2 Å². The molecule has 0 N–H and O–H groups in total. The van der Waals surface area contributed by atoms with Crippen molar-refractivity contribution in [2.75, 3.05) is 26.9 Å². The third-order valence-electron chi connectivity index (χ3n) is 4.12. The monoisotopic (exact) mass is 330 g/mol. The zero-order valence-electron chi connectivity index (χ0n) is 13.8. The van der Waals surface area contributed by atoms with E-state index in [1.807, 2.05) is 21.8 Å². The molecule has 0 aromatic carbocycles. The molecule has 3 rings (SSSR count). The highest BCUT2D eigenvalue weighted by Gasteiger charge is 2.31. The van der Waals surface area contributed by atoms with Crippen LogP contribution in [0.5, 0.6) is 5.88 Å². The third-order valence-corrected chi connectivity index (χ3v) is 4.12. The second-order valence-electron chi connectivity index (χ2n) is 5.72. The quantitative estimate of drug-likeness (QED) is 0.721. The molecule has 0 bridgehead atoms. The minimum absolute atomic E-state index is 0.0369. The number of pyridine rings is 1. The van der Waals surface area contributed by atoms with Gasteiger partial charge in [-0.3, -0.25) is 9.48 Å². The lowest BCUT2D eigenvalue weighted by Gasteiger charge is -2.25. The van der Waals surface area contributed by atoms with Crippen LogP contribution < -0.4 is 4.74 Å². The molecule has 1 saturated heterocycles. The van der Waals surface area contributed by atoms with Gasteiger partial charge in [0.25, 0.3) is 5.91 Å². The Bertz CT molecular complexity index is 660. The largest absolute Gasteiger partial charge is 0.475 e. The Balaban J connectivity index is 1.73. The summed E-state index contributed by atoms with van der Waals surface area (Å²) in [6.45, 7) is 2.27. The van der Waals surface area contributed by atoms with Gasteiger partial charge in [0.2, 0.25) is 5.88 Å². The molecule has 7 nitrogen and oxygen atoms in total. The first-order valence-electron chi connectivity index (χ1n) is 8.14. The number of ether oxygens (including phenoxy) is 2. The summed E-state index contributed by atoms with van der Waals surface area (Å²) in [7, 11) is 1.61. The highest BCUT2D eigenvalue weighted by Crippen LogP contribution is 2.24. The molecule has 0 saturated carbocycles. The fourth-order valence-corrected chi connectivity index (χ4v) is 2.96. The van der Waals surface area contributed by atoms with E-state index < -0.39 is 0 Å². The zero-order valence-corrected chi connectivity index (χ0v) is 13.8. The maximum atomic E-state index is 13.0. The van der Waals surface area contributed by atoms with Gasteiger partial charge in [-0.05, 0) is 31.0 Å². The van der Waals surface area contributed by atoms with Crippen molar-refractivity contribution in [2.24, 2.45) is 0 Å². The van der Waals surface area contributed by atoms with Crippen LogP contribution in [0.4, 0.5) is 0 Å². The van der Waals surface area contributed by atoms with Crippen molar-refractivity contribution in [2.45, 2.75) is 25.4 Å². The molecule has 3 heterocycles. The molecule has 1 aliphatic rings. The summed E-state index contributed by atoms with van der Waals surface area (Å²) >= 11 is 0. The number of methoxy groups -OCH3 is 1. The average Bonchev–Trinajstić information content (AvgIpc) is 3.27. The van der Waals surface area contributed by atoms with Crippen LogP contribution in [0, 0.1) is 0 Å². The highest BCUT2D eigenvalue weighted by molar-refractivity contribution is 5.96. The molecule has 2 aromatic heterocycles. The van der Waals surface area contributed by atoms with Gasteiger partial charge in [-0.25, -0.2) is 4.98 Å². The lowest BCUT2D eigenvalue weighted by Crippen LogP contribution is -2.38. The van der Waals surface area contributed by atoms with E-state index in [2.05, 4.69) is 10.1 Å². The van der Waals surface area contributed by atoms with Crippen molar-refractivity contribution in [1.29, 1.82) is 0 Å². The van der Waals surface area contributed by atoms with Crippen molar-refractivity contribution in [3.8, 4) is 5.88 Å². The minimum Gasteiger partial charge on any atom is -0.475 e. The van der Waals surface area contributed by atoms with Crippen LogP contribution in [-0.2, 0) is 11.3 Å². The molecule has 128 valence electrons. The molecule has 7 heteroatoms. The van der Waals surface area contributed by atoms with E-state index in [-0.39, 0.29) is 11.9 Å². The Labute approximate surface area is 141 Å². The fraction of sp³-hybridized carbons (Fsp3) is 0.471. The third kappa shape index (κ3) is 3.73. The summed E-state index contributed by atoms with van der Waals surface area (Å²) in [5.74, 6) is 0.328. The van der Waals surface area contributed by atoms with Gasteiger partial charge in [-0.1, -0.05) is 0 Å². The summed E-state index contributed by atoms with van der Waals surface area (Å²) in [6.07, 6.45) is 7.28. The number of amides is 1. The summed E-state index contributed by atoms with van der Waals surface area (Å²) in [4.78, 5) is 19.1. The van der Waals surface area contributed by atoms with Crippen LogP contribution in [0.15, 0.2) is 36.8 Å². The zero-order chi connectivity index (χ0) is 16.8. The lowest BCUT2D eigenvalue weighted by atomic mass is 10.2. The Hall–Kier alpha value is -2.41. The number of rotatable bonds is 7. The number of aromatic nitrogens is 3. The van der Waals surface area contributed by atoms with Gasteiger partial charge >= 0.3 is 0 Å². The van der Waals surface area contributed by atoms with Crippen LogP contribution in [0.3, 0.4) is 0 Å². The number of nitrogens with zero attached hydrogens (tertiary/aromatic N) is 4. The Kier molecular flexibility index (Phi) is 5.43. The maximum absolute atomic E-state index is 13.0. The van der Waals surface area contributed by atoms with Crippen LogP contribution >= 0.6 is 0 Å². The summed E-state index contributed by atoms with van der Waals surface area (Å²) in [5.41, 5.74) is 0.501. The second kappa shape index (κ2) is 7.92. The van der Waals surface area contributed by atoms with Crippen molar-refractivity contribution in [1.82, 2.24) is 19.7 Å². The van der Waals surface area contributed by atoms with E-state index in [9.17, 15) is 4.79 Å². The Morgan fingerprint density at radius 1 is 1.33 bits per heavy atom. The number of carbonyl (C=O) groups is 1. The predicted molar refractivity (Wildman–Crippen MR) is 87.9 cm³/mol. The maximum Gasteiger partial charge on any atom is 0.259 e. The Morgan fingerprint density at radius 3 is 3.04 bits per heavy atom. The van der Waals surface area contributed by atoms with E-state index in [0.29, 0.717) is 31.2 Å². The first kappa shape index (κ1) is 16.4. The first-order chi connectivity index (χ1) is 11.8. The van der Waals surface area contributed by atoms with Crippen LogP contribution in [0.25, 0.3) is 0 Å². The second-order valence-corrected chi connectivity index (χ2v) is 5.72. The normalized spacial score (nSPS) is 17.2. The molecule has 1 fully saturated rings. The van der Waals surface area contributed by atoms with Gasteiger partial charge < -0.3 is 14.4 Å². The van der Waals surface area contributed by atoms with E-state index in [1.54, 1.807) is 31.6 Å². The van der Waals surface area contributed by atoms with Gasteiger partial charge in [0.05, 0.1) is 19.2 Å². The number of likely N-dealkylation sites (tertiary alicyclic amines) is 1. The molecular weight excluding hydrogens is 308 g/mol. The molecule has 2 aromatic rings. The lowest BCUT2D eigenvalue weighted by molar-refractivity contribution is 0.0713. The molecule has 1 atom stereocenters. The molecular formula is C17H22N4O3. The Morgan fingerprint density at radius 2 is 2.25 bits per heavy atom. The van der Waals surface area contributed by atoms with Crippen LogP contribution in [0.1, 0.15) is 23.2 Å². The van der Waals surface area contributed by atoms with E-state index in [0.717, 1.165) is 19.4 Å². The van der Waals surface area contributed by atoms with Crippen LogP contribution in [-0.4, -0.2) is 58.5 Å². The fourth-order valence-electron chi connectivity index (χ4n) is 2.96. The molecule has 1 aliphatic heterocycles. The van der Waals surface area contributed by atoms with Crippen molar-refractivity contribution < 1.29 is 14.3 Å². The van der Waals surface area contributed by atoms with Crippen LogP contribution in [0.2, 0.25) is 0 Å². The highest BCUT2D eigenvalue weighted by atomic mass is 16.5. The molecule has 24 heavy (non-hydrogen) atoms. The van der Waals surface area contributed by atoms with Gasteiger partial charge in [-0.2, -0.15) is 5.10 Å². The van der Waals surface area contributed by atoms with Crippen molar-refractivity contribution in [3.63, 3.8) is 0 Å². The van der Waals surface area contributed by atoms with Gasteiger partial charge in [-0.15, -0.1) is 0 Å². The minimum atomic E-state index is -0.0369. The molecule has 0 radical (unpaired) electrons. The molecule has 0 spiro atoms. The molecule has 1 amide bonds. The first-order valence-corrected chi connectivity index (χ1v) is 8.14. The van der Waals surface area contributed by atoms with Crippen molar-refractivity contribution >= 4 is 5.91 Å². The molecule has 0 aliphatic carbocycles.